The van der Waals surface area contributed by atoms with E-state index in [1.54, 1.807) is 18.2 Å². The summed E-state index contributed by atoms with van der Waals surface area (Å²) in [5, 5.41) is 3.73. The van der Waals surface area contributed by atoms with Crippen LogP contribution in [0.25, 0.3) is 0 Å². The topological polar surface area (TPSA) is 64.3 Å². The molecule has 6 heteroatoms. The zero-order valence-corrected chi connectivity index (χ0v) is 11.6. The normalized spacial score (nSPS) is 32.6. The van der Waals surface area contributed by atoms with E-state index in [1.165, 1.54) is 0 Å². The van der Waals surface area contributed by atoms with Crippen molar-refractivity contribution >= 4 is 29.1 Å². The molecule has 1 aliphatic heterocycles. The standard InChI is InChI=1S/C13H14Cl2N2O2/c14-6-1-2-7(9(15)5-6)13(18)17-11-10(16)8-3-4-19-12(8)11/h1-2,5,8,10-12H,3-4,16H2,(H,17,18). The van der Waals surface area contributed by atoms with Crippen LogP contribution in [0.5, 0.6) is 0 Å². The Kier molecular flexibility index (Phi) is 3.43. The first-order chi connectivity index (χ1) is 9.08. The number of ether oxygens (including phenoxy) is 1. The maximum Gasteiger partial charge on any atom is 0.253 e. The van der Waals surface area contributed by atoms with Crippen molar-refractivity contribution in [3.8, 4) is 0 Å². The van der Waals surface area contributed by atoms with Gasteiger partial charge in [0, 0.05) is 23.6 Å². The number of carbonyl (C=O) groups is 1. The molecule has 2 aliphatic rings. The molecule has 4 nitrogen and oxygen atoms in total. The van der Waals surface area contributed by atoms with E-state index >= 15 is 0 Å². The van der Waals surface area contributed by atoms with Gasteiger partial charge in [0.1, 0.15) is 0 Å². The minimum atomic E-state index is -0.240. The summed E-state index contributed by atoms with van der Waals surface area (Å²) in [5.74, 6) is 0.127. The molecule has 1 amide bonds. The van der Waals surface area contributed by atoms with Crippen LogP contribution in [0.1, 0.15) is 16.8 Å². The molecule has 2 fully saturated rings. The SMILES string of the molecule is NC1C2CCOC2C1NC(=O)c1ccc(Cl)cc1Cl. The second-order valence-electron chi connectivity index (χ2n) is 4.99. The van der Waals surface area contributed by atoms with Crippen molar-refractivity contribution in [2.75, 3.05) is 6.61 Å². The van der Waals surface area contributed by atoms with Crippen molar-refractivity contribution in [3.05, 3.63) is 33.8 Å². The maximum atomic E-state index is 12.2. The van der Waals surface area contributed by atoms with Crippen LogP contribution in [0.15, 0.2) is 18.2 Å². The van der Waals surface area contributed by atoms with E-state index < -0.39 is 0 Å². The summed E-state index contributed by atoms with van der Waals surface area (Å²) < 4.78 is 5.57. The number of fused-ring (bicyclic) bond motifs is 1. The van der Waals surface area contributed by atoms with E-state index in [0.717, 1.165) is 13.0 Å². The van der Waals surface area contributed by atoms with Crippen LogP contribution in [0.4, 0.5) is 0 Å². The van der Waals surface area contributed by atoms with Gasteiger partial charge in [-0.15, -0.1) is 0 Å². The predicted molar refractivity (Wildman–Crippen MR) is 73.5 cm³/mol. The summed E-state index contributed by atoms with van der Waals surface area (Å²) in [7, 11) is 0. The van der Waals surface area contributed by atoms with Gasteiger partial charge in [0.25, 0.3) is 5.91 Å². The smallest absolute Gasteiger partial charge is 0.253 e. The minimum absolute atomic E-state index is 0.0393. The molecular weight excluding hydrogens is 287 g/mol. The first-order valence-electron chi connectivity index (χ1n) is 6.21. The van der Waals surface area contributed by atoms with Crippen molar-refractivity contribution in [2.24, 2.45) is 11.7 Å². The first kappa shape index (κ1) is 13.2. The zero-order valence-electron chi connectivity index (χ0n) is 10.1. The van der Waals surface area contributed by atoms with Crippen molar-refractivity contribution in [1.29, 1.82) is 0 Å². The van der Waals surface area contributed by atoms with E-state index in [0.29, 0.717) is 21.5 Å². The molecule has 19 heavy (non-hydrogen) atoms. The van der Waals surface area contributed by atoms with E-state index in [9.17, 15) is 4.79 Å². The highest BCUT2D eigenvalue weighted by molar-refractivity contribution is 6.36. The lowest BCUT2D eigenvalue weighted by atomic mass is 9.72. The van der Waals surface area contributed by atoms with Gasteiger partial charge in [0.05, 0.1) is 22.7 Å². The molecule has 1 saturated carbocycles. The van der Waals surface area contributed by atoms with Crippen LogP contribution in [-0.4, -0.2) is 30.7 Å². The lowest BCUT2D eigenvalue weighted by Crippen LogP contribution is -2.68. The zero-order chi connectivity index (χ0) is 13.6. The largest absolute Gasteiger partial charge is 0.376 e. The molecule has 1 aromatic carbocycles. The Hall–Kier alpha value is -0.810. The third kappa shape index (κ3) is 2.23. The quantitative estimate of drug-likeness (QED) is 0.876. The molecule has 102 valence electrons. The fourth-order valence-electron chi connectivity index (χ4n) is 2.83. The number of carbonyl (C=O) groups excluding carboxylic acids is 1. The summed E-state index contributed by atoms with van der Waals surface area (Å²) in [5.41, 5.74) is 6.45. The highest BCUT2D eigenvalue weighted by atomic mass is 35.5. The summed E-state index contributed by atoms with van der Waals surface area (Å²) in [6.45, 7) is 0.719. The summed E-state index contributed by atoms with van der Waals surface area (Å²) >= 11 is 11.8. The molecule has 1 aliphatic carbocycles. The number of rotatable bonds is 2. The van der Waals surface area contributed by atoms with Gasteiger partial charge in [0.15, 0.2) is 0 Å². The van der Waals surface area contributed by atoms with Crippen LogP contribution >= 0.6 is 23.2 Å². The molecule has 0 spiro atoms. The number of hydrogen-bond donors (Lipinski definition) is 2. The number of halogens is 2. The molecule has 1 saturated heterocycles. The number of benzene rings is 1. The molecule has 3 N–H and O–H groups in total. The van der Waals surface area contributed by atoms with E-state index in [1.807, 2.05) is 0 Å². The summed E-state index contributed by atoms with van der Waals surface area (Å²) in [6, 6.07) is 4.62. The second kappa shape index (κ2) is 4.94. The molecule has 1 aromatic rings. The van der Waals surface area contributed by atoms with E-state index in [-0.39, 0.29) is 24.1 Å². The minimum Gasteiger partial charge on any atom is -0.376 e. The van der Waals surface area contributed by atoms with Crippen molar-refractivity contribution < 1.29 is 9.53 Å². The molecule has 0 aromatic heterocycles. The maximum absolute atomic E-state index is 12.2. The van der Waals surface area contributed by atoms with E-state index in [4.69, 9.17) is 33.7 Å². The highest BCUT2D eigenvalue weighted by Crippen LogP contribution is 2.38. The first-order valence-corrected chi connectivity index (χ1v) is 6.96. The van der Waals surface area contributed by atoms with Gasteiger partial charge in [-0.2, -0.15) is 0 Å². The average Bonchev–Trinajstić information content (AvgIpc) is 2.80. The number of nitrogens with two attached hydrogens (primary N) is 1. The van der Waals surface area contributed by atoms with Gasteiger partial charge in [-0.05, 0) is 24.6 Å². The van der Waals surface area contributed by atoms with Gasteiger partial charge in [-0.25, -0.2) is 0 Å². The third-order valence-electron chi connectivity index (χ3n) is 3.92. The number of nitrogens with one attached hydrogen (secondary N) is 1. The van der Waals surface area contributed by atoms with Gasteiger partial charge in [0.2, 0.25) is 0 Å². The molecule has 1 heterocycles. The summed E-state index contributed by atoms with van der Waals surface area (Å²) in [4.78, 5) is 12.2. The average molecular weight is 301 g/mol. The van der Waals surface area contributed by atoms with Crippen molar-refractivity contribution in [2.45, 2.75) is 24.6 Å². The number of amides is 1. The van der Waals surface area contributed by atoms with Crippen LogP contribution in [0.2, 0.25) is 10.0 Å². The lowest BCUT2D eigenvalue weighted by Gasteiger charge is -2.45. The Bertz CT molecular complexity index is 523. The Balaban J connectivity index is 1.71. The third-order valence-corrected chi connectivity index (χ3v) is 4.47. The Labute approximate surface area is 121 Å². The van der Waals surface area contributed by atoms with Gasteiger partial charge in [-0.3, -0.25) is 4.79 Å². The Morgan fingerprint density at radius 2 is 2.21 bits per heavy atom. The molecule has 3 rings (SSSR count). The highest BCUT2D eigenvalue weighted by Gasteiger charge is 2.52. The molecular formula is C13H14Cl2N2O2. The fourth-order valence-corrected chi connectivity index (χ4v) is 3.32. The van der Waals surface area contributed by atoms with Crippen LogP contribution in [-0.2, 0) is 4.74 Å². The second-order valence-corrected chi connectivity index (χ2v) is 5.83. The molecule has 4 unspecified atom stereocenters. The predicted octanol–water partition coefficient (Wildman–Crippen LogP) is 1.84. The molecule has 0 radical (unpaired) electrons. The van der Waals surface area contributed by atoms with Gasteiger partial charge >= 0.3 is 0 Å². The van der Waals surface area contributed by atoms with Crippen molar-refractivity contribution in [1.82, 2.24) is 5.32 Å². The molecule has 0 bridgehead atoms. The molecule has 4 atom stereocenters. The van der Waals surface area contributed by atoms with Gasteiger partial charge < -0.3 is 15.8 Å². The number of hydrogen-bond acceptors (Lipinski definition) is 3. The van der Waals surface area contributed by atoms with Crippen LogP contribution in [0.3, 0.4) is 0 Å². The lowest BCUT2D eigenvalue weighted by molar-refractivity contribution is -0.0161. The van der Waals surface area contributed by atoms with Gasteiger partial charge in [-0.1, -0.05) is 23.2 Å². The van der Waals surface area contributed by atoms with Crippen molar-refractivity contribution in [3.63, 3.8) is 0 Å². The van der Waals surface area contributed by atoms with Crippen LogP contribution in [0, 0.1) is 5.92 Å². The Morgan fingerprint density at radius 3 is 2.95 bits per heavy atom. The summed E-state index contributed by atoms with van der Waals surface area (Å²) in [6.07, 6.45) is 1.02. The van der Waals surface area contributed by atoms with E-state index in [2.05, 4.69) is 5.32 Å². The monoisotopic (exact) mass is 300 g/mol. The fraction of sp³-hybridized carbons (Fsp3) is 0.462. The Morgan fingerprint density at radius 1 is 1.42 bits per heavy atom. The van der Waals surface area contributed by atoms with Crippen LogP contribution < -0.4 is 11.1 Å².